The summed E-state index contributed by atoms with van der Waals surface area (Å²) in [5, 5.41) is 3.55. The number of nitrogens with zero attached hydrogens (tertiary/aromatic N) is 1. The van der Waals surface area contributed by atoms with Crippen molar-refractivity contribution in [3.63, 3.8) is 0 Å². The SMILES string of the molecule is CC(C)c1ccc(OCC(=O)Nc2nc3c(s2)C[C@H](C)CC3)cc1. The van der Waals surface area contributed by atoms with Crippen molar-refractivity contribution < 1.29 is 9.53 Å². The van der Waals surface area contributed by atoms with Gasteiger partial charge < -0.3 is 4.74 Å². The molecule has 1 aliphatic rings. The molecule has 1 aromatic heterocycles. The minimum absolute atomic E-state index is 0.00166. The first-order valence-electron chi connectivity index (χ1n) is 8.52. The lowest BCUT2D eigenvalue weighted by Gasteiger charge is -2.15. The van der Waals surface area contributed by atoms with Gasteiger partial charge in [0.25, 0.3) is 5.91 Å². The second kappa shape index (κ2) is 7.34. The first-order chi connectivity index (χ1) is 11.5. The van der Waals surface area contributed by atoms with Gasteiger partial charge in [-0.1, -0.05) is 32.9 Å². The molecule has 0 saturated heterocycles. The van der Waals surface area contributed by atoms with Crippen molar-refractivity contribution in [1.82, 2.24) is 4.98 Å². The number of ether oxygens (including phenoxy) is 1. The fraction of sp³-hybridized carbons (Fsp3) is 0.474. The number of nitrogens with one attached hydrogen (secondary N) is 1. The highest BCUT2D eigenvalue weighted by Crippen LogP contribution is 2.32. The first-order valence-corrected chi connectivity index (χ1v) is 9.34. The molecule has 0 bridgehead atoms. The molecule has 2 aromatic rings. The van der Waals surface area contributed by atoms with Crippen molar-refractivity contribution >= 4 is 22.4 Å². The highest BCUT2D eigenvalue weighted by atomic mass is 32.1. The van der Waals surface area contributed by atoms with Gasteiger partial charge in [-0.3, -0.25) is 10.1 Å². The van der Waals surface area contributed by atoms with Crippen LogP contribution in [0.5, 0.6) is 5.75 Å². The van der Waals surface area contributed by atoms with E-state index in [4.69, 9.17) is 4.74 Å². The lowest BCUT2D eigenvalue weighted by Crippen LogP contribution is -2.20. The number of aryl methyl sites for hydroxylation is 1. The van der Waals surface area contributed by atoms with E-state index < -0.39 is 0 Å². The maximum absolute atomic E-state index is 12.1. The number of anilines is 1. The monoisotopic (exact) mass is 344 g/mol. The predicted molar refractivity (Wildman–Crippen MR) is 98.0 cm³/mol. The first kappa shape index (κ1) is 17.0. The number of fused-ring (bicyclic) bond motifs is 1. The summed E-state index contributed by atoms with van der Waals surface area (Å²) in [7, 11) is 0. The van der Waals surface area contributed by atoms with E-state index in [0.29, 0.717) is 22.7 Å². The Morgan fingerprint density at radius 3 is 2.83 bits per heavy atom. The highest BCUT2D eigenvalue weighted by molar-refractivity contribution is 7.15. The van der Waals surface area contributed by atoms with Crippen LogP contribution in [0.25, 0.3) is 0 Å². The standard InChI is InChI=1S/C19H24N2O2S/c1-12(2)14-5-7-15(8-6-14)23-11-18(22)21-19-20-16-9-4-13(3)10-17(16)24-19/h5-8,12-13H,4,9-11H2,1-3H3,(H,20,21,22)/t13-/m1/s1. The molecule has 128 valence electrons. The van der Waals surface area contributed by atoms with Gasteiger partial charge in [0.15, 0.2) is 11.7 Å². The molecule has 0 saturated carbocycles. The Morgan fingerprint density at radius 2 is 2.12 bits per heavy atom. The Morgan fingerprint density at radius 1 is 1.38 bits per heavy atom. The quantitative estimate of drug-likeness (QED) is 0.874. The maximum Gasteiger partial charge on any atom is 0.264 e. The van der Waals surface area contributed by atoms with E-state index in [1.165, 1.54) is 16.9 Å². The molecule has 0 aliphatic heterocycles. The number of carbonyl (C=O) groups is 1. The van der Waals surface area contributed by atoms with E-state index in [2.05, 4.69) is 31.1 Å². The van der Waals surface area contributed by atoms with Gasteiger partial charge in [0.2, 0.25) is 0 Å². The number of aromatic nitrogens is 1. The summed E-state index contributed by atoms with van der Waals surface area (Å²) in [4.78, 5) is 17.9. The molecule has 1 atom stereocenters. The van der Waals surface area contributed by atoms with Crippen molar-refractivity contribution in [2.45, 2.75) is 46.0 Å². The molecule has 0 unspecified atom stereocenters. The average molecular weight is 344 g/mol. The summed E-state index contributed by atoms with van der Waals surface area (Å²) in [5.74, 6) is 1.74. The fourth-order valence-electron chi connectivity index (χ4n) is 2.85. The van der Waals surface area contributed by atoms with Gasteiger partial charge in [-0.05, 0) is 48.8 Å². The van der Waals surface area contributed by atoms with Crippen LogP contribution in [0.4, 0.5) is 5.13 Å². The molecule has 4 nitrogen and oxygen atoms in total. The zero-order valence-corrected chi connectivity index (χ0v) is 15.3. The van der Waals surface area contributed by atoms with E-state index in [0.717, 1.165) is 18.5 Å². The fourth-order valence-corrected chi connectivity index (χ4v) is 4.03. The van der Waals surface area contributed by atoms with Gasteiger partial charge in [-0.25, -0.2) is 4.98 Å². The van der Waals surface area contributed by atoms with Crippen molar-refractivity contribution in [2.24, 2.45) is 5.92 Å². The molecule has 0 fully saturated rings. The third-order valence-electron chi connectivity index (χ3n) is 4.35. The van der Waals surface area contributed by atoms with Crippen LogP contribution in [0.3, 0.4) is 0 Å². The summed E-state index contributed by atoms with van der Waals surface area (Å²) in [6, 6.07) is 7.89. The van der Waals surface area contributed by atoms with Crippen LogP contribution >= 0.6 is 11.3 Å². The van der Waals surface area contributed by atoms with Crippen LogP contribution in [0.15, 0.2) is 24.3 Å². The number of hydrogen-bond donors (Lipinski definition) is 1. The third-order valence-corrected chi connectivity index (χ3v) is 5.38. The van der Waals surface area contributed by atoms with Crippen LogP contribution in [0, 0.1) is 5.92 Å². The smallest absolute Gasteiger partial charge is 0.264 e. The summed E-state index contributed by atoms with van der Waals surface area (Å²) >= 11 is 1.60. The summed E-state index contributed by atoms with van der Waals surface area (Å²) in [6.07, 6.45) is 3.27. The highest BCUT2D eigenvalue weighted by Gasteiger charge is 2.20. The van der Waals surface area contributed by atoms with Gasteiger partial charge in [0.1, 0.15) is 5.75 Å². The number of hydrogen-bond acceptors (Lipinski definition) is 4. The molecular formula is C19H24N2O2S. The number of amides is 1. The molecule has 24 heavy (non-hydrogen) atoms. The zero-order valence-electron chi connectivity index (χ0n) is 14.5. The van der Waals surface area contributed by atoms with Crippen molar-refractivity contribution in [1.29, 1.82) is 0 Å². The van der Waals surface area contributed by atoms with E-state index in [9.17, 15) is 4.79 Å². The van der Waals surface area contributed by atoms with Gasteiger partial charge >= 0.3 is 0 Å². The van der Waals surface area contributed by atoms with Gasteiger partial charge in [-0.2, -0.15) is 0 Å². The third kappa shape index (κ3) is 4.15. The molecule has 1 aromatic carbocycles. The van der Waals surface area contributed by atoms with Crippen LogP contribution in [0.2, 0.25) is 0 Å². The minimum Gasteiger partial charge on any atom is -0.484 e. The Balaban J connectivity index is 1.52. The van der Waals surface area contributed by atoms with E-state index in [1.807, 2.05) is 24.3 Å². The van der Waals surface area contributed by atoms with E-state index >= 15 is 0 Å². The maximum atomic E-state index is 12.1. The summed E-state index contributed by atoms with van der Waals surface area (Å²) in [6.45, 7) is 6.57. The van der Waals surface area contributed by atoms with Crippen molar-refractivity contribution in [2.75, 3.05) is 11.9 Å². The van der Waals surface area contributed by atoms with Gasteiger partial charge in [0.05, 0.1) is 5.69 Å². The number of benzene rings is 1. The molecule has 0 spiro atoms. The Bertz CT molecular complexity index is 707. The van der Waals surface area contributed by atoms with Crippen LogP contribution < -0.4 is 10.1 Å². The molecule has 1 aliphatic carbocycles. The Hall–Kier alpha value is -1.88. The number of carbonyl (C=O) groups excluding carboxylic acids is 1. The van der Waals surface area contributed by atoms with Crippen LogP contribution in [0.1, 0.15) is 49.2 Å². The topological polar surface area (TPSA) is 51.2 Å². The van der Waals surface area contributed by atoms with Gasteiger partial charge in [-0.15, -0.1) is 11.3 Å². The second-order valence-electron chi connectivity index (χ2n) is 6.80. The van der Waals surface area contributed by atoms with Crippen LogP contribution in [-0.4, -0.2) is 17.5 Å². The number of thiazole rings is 1. The van der Waals surface area contributed by atoms with Crippen molar-refractivity contribution in [3.8, 4) is 5.75 Å². The van der Waals surface area contributed by atoms with Crippen molar-refractivity contribution in [3.05, 3.63) is 40.4 Å². The minimum atomic E-state index is -0.165. The molecular weight excluding hydrogens is 320 g/mol. The lowest BCUT2D eigenvalue weighted by atomic mass is 9.93. The van der Waals surface area contributed by atoms with Gasteiger partial charge in [0, 0.05) is 4.88 Å². The molecule has 5 heteroatoms. The number of rotatable bonds is 5. The molecule has 3 rings (SSSR count). The second-order valence-corrected chi connectivity index (χ2v) is 7.88. The molecule has 1 N–H and O–H groups in total. The predicted octanol–water partition coefficient (Wildman–Crippen LogP) is 4.41. The molecule has 1 amide bonds. The van der Waals surface area contributed by atoms with E-state index in [1.54, 1.807) is 11.3 Å². The zero-order chi connectivity index (χ0) is 17.1. The summed E-state index contributed by atoms with van der Waals surface area (Å²) < 4.78 is 5.56. The van der Waals surface area contributed by atoms with E-state index in [-0.39, 0.29) is 12.5 Å². The summed E-state index contributed by atoms with van der Waals surface area (Å²) in [5.41, 5.74) is 2.41. The van der Waals surface area contributed by atoms with Crippen LogP contribution in [-0.2, 0) is 17.6 Å². The normalized spacial score (nSPS) is 16.8. The lowest BCUT2D eigenvalue weighted by molar-refractivity contribution is -0.118. The molecule has 0 radical (unpaired) electrons. The Labute approximate surface area is 147 Å². The largest absolute Gasteiger partial charge is 0.484 e. The average Bonchev–Trinajstić information content (AvgIpc) is 2.94. The molecule has 1 heterocycles. The Kier molecular flexibility index (Phi) is 5.19.